The Balaban J connectivity index is 1.78. The molecule has 1 aromatic heterocycles. The number of carbonyl (C=O) groups excluding carboxylic acids is 1. The fourth-order valence-electron chi connectivity index (χ4n) is 2.56. The lowest BCUT2D eigenvalue weighted by Crippen LogP contribution is -2.36. The quantitative estimate of drug-likeness (QED) is 0.623. The summed E-state index contributed by atoms with van der Waals surface area (Å²) in [6.07, 6.45) is 1.53. The first-order valence-electron chi connectivity index (χ1n) is 9.02. The number of imidazole rings is 1. The summed E-state index contributed by atoms with van der Waals surface area (Å²) in [5, 5.41) is 12.8. The van der Waals surface area contributed by atoms with Gasteiger partial charge in [0.15, 0.2) is 0 Å². The van der Waals surface area contributed by atoms with Crippen LogP contribution in [0, 0.1) is 0 Å². The zero-order chi connectivity index (χ0) is 19.9. The van der Waals surface area contributed by atoms with E-state index in [1.54, 1.807) is 7.11 Å². The lowest BCUT2D eigenvalue weighted by Gasteiger charge is -2.18. The van der Waals surface area contributed by atoms with Crippen molar-refractivity contribution in [1.82, 2.24) is 15.3 Å². The number of benzene rings is 1. The Morgan fingerprint density at radius 1 is 1.30 bits per heavy atom. The van der Waals surface area contributed by atoms with Gasteiger partial charge in [0.25, 0.3) is 5.91 Å². The number of H-pyrrole nitrogens is 1. The van der Waals surface area contributed by atoms with Crippen LogP contribution in [0.3, 0.4) is 0 Å². The van der Waals surface area contributed by atoms with Gasteiger partial charge in [-0.2, -0.15) is 0 Å². The standard InChI is InChI=1S/C20H29N3O4/c1-20(2,3)18-17(22-13-23-18)19(25)21-11-15(24)12-27-16-7-5-14(6-8-16)9-10-26-4/h5-8,13,15,24H,9-12H2,1-4H3,(H,21,25)(H,22,23). The predicted octanol–water partition coefficient (Wildman–Crippen LogP) is 2.07. The predicted molar refractivity (Wildman–Crippen MR) is 103 cm³/mol. The normalized spacial score (nSPS) is 12.6. The number of hydrogen-bond acceptors (Lipinski definition) is 5. The van der Waals surface area contributed by atoms with Gasteiger partial charge in [-0.3, -0.25) is 4.79 Å². The number of rotatable bonds is 9. The molecule has 0 fully saturated rings. The van der Waals surface area contributed by atoms with Gasteiger partial charge in [-0.1, -0.05) is 32.9 Å². The molecule has 0 aliphatic heterocycles. The van der Waals surface area contributed by atoms with E-state index >= 15 is 0 Å². The summed E-state index contributed by atoms with van der Waals surface area (Å²) in [6, 6.07) is 7.65. The van der Waals surface area contributed by atoms with E-state index in [0.717, 1.165) is 17.7 Å². The minimum atomic E-state index is -0.820. The number of aliphatic hydroxyl groups is 1. The van der Waals surface area contributed by atoms with E-state index in [1.165, 1.54) is 6.33 Å². The van der Waals surface area contributed by atoms with Crippen LogP contribution in [0.4, 0.5) is 0 Å². The van der Waals surface area contributed by atoms with Crippen molar-refractivity contribution in [2.75, 3.05) is 26.9 Å². The molecule has 2 rings (SSSR count). The molecule has 0 aliphatic rings. The molecule has 0 aliphatic carbocycles. The van der Waals surface area contributed by atoms with Gasteiger partial charge in [0.05, 0.1) is 18.6 Å². The van der Waals surface area contributed by atoms with Crippen molar-refractivity contribution in [3.05, 3.63) is 47.5 Å². The number of aromatic nitrogens is 2. The smallest absolute Gasteiger partial charge is 0.271 e. The van der Waals surface area contributed by atoms with Gasteiger partial charge in [-0.15, -0.1) is 0 Å². The molecule has 0 saturated heterocycles. The van der Waals surface area contributed by atoms with Gasteiger partial charge in [0.2, 0.25) is 0 Å². The van der Waals surface area contributed by atoms with Crippen LogP contribution in [0.25, 0.3) is 0 Å². The van der Waals surface area contributed by atoms with Gasteiger partial charge < -0.3 is 24.9 Å². The molecule has 1 heterocycles. The zero-order valence-electron chi connectivity index (χ0n) is 16.4. The average Bonchev–Trinajstić information content (AvgIpc) is 3.14. The minimum absolute atomic E-state index is 0.0845. The third-order valence-corrected chi connectivity index (χ3v) is 4.06. The number of aliphatic hydroxyl groups excluding tert-OH is 1. The summed E-state index contributed by atoms with van der Waals surface area (Å²) in [4.78, 5) is 19.4. The highest BCUT2D eigenvalue weighted by Crippen LogP contribution is 2.22. The Bertz CT molecular complexity index is 720. The first kappa shape index (κ1) is 20.9. The number of aromatic amines is 1. The molecule has 1 unspecified atom stereocenters. The number of nitrogens with zero attached hydrogens (tertiary/aromatic N) is 1. The fraction of sp³-hybridized carbons (Fsp3) is 0.500. The molecule has 0 bridgehead atoms. The number of carbonyl (C=O) groups is 1. The molecular formula is C20H29N3O4. The van der Waals surface area contributed by atoms with E-state index in [1.807, 2.05) is 45.0 Å². The first-order valence-corrected chi connectivity index (χ1v) is 9.02. The molecule has 1 amide bonds. The molecular weight excluding hydrogens is 346 g/mol. The molecule has 7 heteroatoms. The van der Waals surface area contributed by atoms with Crippen LogP contribution in [-0.2, 0) is 16.6 Å². The highest BCUT2D eigenvalue weighted by Gasteiger charge is 2.24. The maximum atomic E-state index is 12.3. The molecule has 148 valence electrons. The maximum absolute atomic E-state index is 12.3. The highest BCUT2D eigenvalue weighted by molar-refractivity contribution is 5.93. The summed E-state index contributed by atoms with van der Waals surface area (Å²) >= 11 is 0. The van der Waals surface area contributed by atoms with Crippen molar-refractivity contribution in [3.63, 3.8) is 0 Å². The molecule has 7 nitrogen and oxygen atoms in total. The van der Waals surface area contributed by atoms with Crippen molar-refractivity contribution < 1.29 is 19.4 Å². The van der Waals surface area contributed by atoms with Gasteiger partial charge in [-0.25, -0.2) is 4.98 Å². The summed E-state index contributed by atoms with van der Waals surface area (Å²) in [7, 11) is 1.67. The van der Waals surface area contributed by atoms with Gasteiger partial charge in [-0.05, 0) is 24.1 Å². The summed E-state index contributed by atoms with van der Waals surface area (Å²) in [5.74, 6) is 0.353. The fourth-order valence-corrected chi connectivity index (χ4v) is 2.56. The Morgan fingerprint density at radius 3 is 2.63 bits per heavy atom. The van der Waals surface area contributed by atoms with Crippen LogP contribution in [0.1, 0.15) is 42.5 Å². The lowest BCUT2D eigenvalue weighted by molar-refractivity contribution is 0.0838. The number of methoxy groups -OCH3 is 1. The number of nitrogens with one attached hydrogen (secondary N) is 2. The summed E-state index contributed by atoms with van der Waals surface area (Å²) < 4.78 is 10.6. The van der Waals surface area contributed by atoms with Crippen molar-refractivity contribution >= 4 is 5.91 Å². The van der Waals surface area contributed by atoms with E-state index in [2.05, 4.69) is 15.3 Å². The molecule has 27 heavy (non-hydrogen) atoms. The Morgan fingerprint density at radius 2 is 2.00 bits per heavy atom. The maximum Gasteiger partial charge on any atom is 0.271 e. The second-order valence-electron chi connectivity index (χ2n) is 7.44. The zero-order valence-corrected chi connectivity index (χ0v) is 16.4. The number of hydrogen-bond donors (Lipinski definition) is 3. The van der Waals surface area contributed by atoms with Crippen molar-refractivity contribution in [2.24, 2.45) is 0 Å². The third-order valence-electron chi connectivity index (χ3n) is 4.06. The molecule has 0 spiro atoms. The molecule has 0 saturated carbocycles. The van der Waals surface area contributed by atoms with Gasteiger partial charge in [0.1, 0.15) is 24.2 Å². The van der Waals surface area contributed by atoms with Gasteiger partial charge in [0, 0.05) is 19.1 Å². The molecule has 3 N–H and O–H groups in total. The van der Waals surface area contributed by atoms with Crippen molar-refractivity contribution in [1.29, 1.82) is 0 Å². The van der Waals surface area contributed by atoms with Crippen LogP contribution in [0.5, 0.6) is 5.75 Å². The topological polar surface area (TPSA) is 96.5 Å². The van der Waals surface area contributed by atoms with E-state index in [4.69, 9.17) is 9.47 Å². The van der Waals surface area contributed by atoms with Crippen LogP contribution in [0.2, 0.25) is 0 Å². The Labute approximate surface area is 160 Å². The number of ether oxygens (including phenoxy) is 2. The summed E-state index contributed by atoms with van der Waals surface area (Å²) in [5.41, 5.74) is 2.05. The third kappa shape index (κ3) is 6.37. The first-order chi connectivity index (χ1) is 12.8. The van der Waals surface area contributed by atoms with E-state index in [0.29, 0.717) is 18.1 Å². The Hall–Kier alpha value is -2.38. The Kier molecular flexibility index (Phi) is 7.38. The lowest BCUT2D eigenvalue weighted by atomic mass is 9.90. The highest BCUT2D eigenvalue weighted by atomic mass is 16.5. The van der Waals surface area contributed by atoms with Gasteiger partial charge >= 0.3 is 0 Å². The monoisotopic (exact) mass is 375 g/mol. The largest absolute Gasteiger partial charge is 0.491 e. The molecule has 1 aromatic carbocycles. The van der Waals surface area contributed by atoms with Crippen molar-refractivity contribution in [3.8, 4) is 5.75 Å². The molecule has 1 atom stereocenters. The summed E-state index contributed by atoms with van der Waals surface area (Å²) in [6.45, 7) is 6.85. The average molecular weight is 375 g/mol. The minimum Gasteiger partial charge on any atom is -0.491 e. The van der Waals surface area contributed by atoms with Crippen LogP contribution in [0.15, 0.2) is 30.6 Å². The van der Waals surface area contributed by atoms with E-state index in [9.17, 15) is 9.90 Å². The molecule has 0 radical (unpaired) electrons. The van der Waals surface area contributed by atoms with Crippen molar-refractivity contribution in [2.45, 2.75) is 38.7 Å². The second-order valence-corrected chi connectivity index (χ2v) is 7.44. The molecule has 2 aromatic rings. The van der Waals surface area contributed by atoms with E-state index < -0.39 is 6.10 Å². The van der Waals surface area contributed by atoms with E-state index in [-0.39, 0.29) is 24.5 Å². The van der Waals surface area contributed by atoms with Crippen LogP contribution < -0.4 is 10.1 Å². The second kappa shape index (κ2) is 9.53. The van der Waals surface area contributed by atoms with Crippen LogP contribution >= 0.6 is 0 Å². The van der Waals surface area contributed by atoms with Crippen LogP contribution in [-0.4, -0.2) is 54.0 Å². The SMILES string of the molecule is COCCc1ccc(OCC(O)CNC(=O)c2nc[nH]c2C(C)(C)C)cc1. The number of amides is 1.